The van der Waals surface area contributed by atoms with E-state index in [0.717, 1.165) is 43.6 Å². The second kappa shape index (κ2) is 8.30. The van der Waals surface area contributed by atoms with Gasteiger partial charge in [-0.15, -0.1) is 0 Å². The molecule has 0 spiro atoms. The van der Waals surface area contributed by atoms with E-state index in [1.54, 1.807) is 6.07 Å². The summed E-state index contributed by atoms with van der Waals surface area (Å²) >= 11 is 12.1. The van der Waals surface area contributed by atoms with Crippen LogP contribution >= 0.6 is 23.2 Å². The molecule has 0 saturated carbocycles. The van der Waals surface area contributed by atoms with Crippen molar-refractivity contribution in [3.63, 3.8) is 0 Å². The molecule has 0 bridgehead atoms. The van der Waals surface area contributed by atoms with Gasteiger partial charge in [0, 0.05) is 36.9 Å². The maximum absolute atomic E-state index is 12.5. The van der Waals surface area contributed by atoms with Gasteiger partial charge in [-0.05, 0) is 55.2 Å². The van der Waals surface area contributed by atoms with Crippen molar-refractivity contribution in [2.45, 2.75) is 32.4 Å². The van der Waals surface area contributed by atoms with Gasteiger partial charge >= 0.3 is 0 Å². The van der Waals surface area contributed by atoms with E-state index in [1.807, 2.05) is 37.3 Å². The highest BCUT2D eigenvalue weighted by Crippen LogP contribution is 2.24. The minimum absolute atomic E-state index is 0.0438. The van der Waals surface area contributed by atoms with Crippen LogP contribution in [-0.4, -0.2) is 29.9 Å². The predicted octanol–water partition coefficient (Wildman–Crippen LogP) is 4.28. The third-order valence-electron chi connectivity index (χ3n) is 4.82. The average Bonchev–Trinajstić information content (AvgIpc) is 2.62. The van der Waals surface area contributed by atoms with Crippen LogP contribution < -0.4 is 11.1 Å². The van der Waals surface area contributed by atoms with E-state index in [9.17, 15) is 4.79 Å². The highest BCUT2D eigenvalue weighted by atomic mass is 35.5. The summed E-state index contributed by atoms with van der Waals surface area (Å²) in [5, 5.41) is 4.31. The molecule has 6 heteroatoms. The summed E-state index contributed by atoms with van der Waals surface area (Å²) in [7, 11) is 0. The molecule has 1 saturated heterocycles. The molecule has 0 atom stereocenters. The number of halogens is 2. The summed E-state index contributed by atoms with van der Waals surface area (Å²) in [5.74, 6) is -0.0438. The van der Waals surface area contributed by atoms with Crippen LogP contribution in [0, 0.1) is 6.92 Å². The zero-order chi connectivity index (χ0) is 18.7. The van der Waals surface area contributed by atoms with E-state index < -0.39 is 0 Å². The van der Waals surface area contributed by atoms with Gasteiger partial charge in [0.1, 0.15) is 0 Å². The van der Waals surface area contributed by atoms with E-state index in [2.05, 4.69) is 10.2 Å². The van der Waals surface area contributed by atoms with E-state index in [0.29, 0.717) is 21.3 Å². The Labute approximate surface area is 164 Å². The molecule has 3 N–H and O–H groups in total. The first-order valence-corrected chi connectivity index (χ1v) is 9.51. The van der Waals surface area contributed by atoms with Crippen molar-refractivity contribution in [2.24, 2.45) is 0 Å². The van der Waals surface area contributed by atoms with Crippen molar-refractivity contribution in [1.29, 1.82) is 0 Å². The number of hydrogen-bond donors (Lipinski definition) is 2. The van der Waals surface area contributed by atoms with Crippen LogP contribution in [0.5, 0.6) is 0 Å². The first kappa shape index (κ1) is 19.0. The molecule has 26 heavy (non-hydrogen) atoms. The standard InChI is InChI=1S/C20H23Cl2N3O/c1-13-2-4-15(23)11-17(13)20(26)24-16-6-8-25(9-7-16)12-14-3-5-18(21)19(22)10-14/h2-5,10-11,16H,6-9,12,23H2,1H3,(H,24,26). The summed E-state index contributed by atoms with van der Waals surface area (Å²) in [6, 6.07) is 11.4. The van der Waals surface area contributed by atoms with Gasteiger partial charge in [0.15, 0.2) is 0 Å². The Morgan fingerprint density at radius 1 is 1.15 bits per heavy atom. The van der Waals surface area contributed by atoms with Crippen molar-refractivity contribution >= 4 is 34.8 Å². The van der Waals surface area contributed by atoms with Gasteiger partial charge in [-0.3, -0.25) is 9.69 Å². The molecule has 1 heterocycles. The first-order chi connectivity index (χ1) is 12.4. The zero-order valence-electron chi connectivity index (χ0n) is 14.8. The minimum atomic E-state index is -0.0438. The van der Waals surface area contributed by atoms with E-state index >= 15 is 0 Å². The molecule has 1 amide bonds. The van der Waals surface area contributed by atoms with Crippen molar-refractivity contribution < 1.29 is 4.79 Å². The van der Waals surface area contributed by atoms with Crippen molar-refractivity contribution in [3.05, 3.63) is 63.1 Å². The molecule has 1 aliphatic rings. The molecular weight excluding hydrogens is 369 g/mol. The Kier molecular flexibility index (Phi) is 6.07. The average molecular weight is 392 g/mol. The molecule has 4 nitrogen and oxygen atoms in total. The number of nitrogens with one attached hydrogen (secondary N) is 1. The number of benzene rings is 2. The second-order valence-electron chi connectivity index (χ2n) is 6.85. The molecule has 3 rings (SSSR count). The van der Waals surface area contributed by atoms with Crippen LogP contribution in [0.15, 0.2) is 36.4 Å². The second-order valence-corrected chi connectivity index (χ2v) is 7.66. The number of aryl methyl sites for hydroxylation is 1. The SMILES string of the molecule is Cc1ccc(N)cc1C(=O)NC1CCN(Cc2ccc(Cl)c(Cl)c2)CC1. The molecule has 0 unspecified atom stereocenters. The molecule has 2 aromatic carbocycles. The monoisotopic (exact) mass is 391 g/mol. The van der Waals surface area contributed by atoms with Crippen LogP contribution in [0.4, 0.5) is 5.69 Å². The number of nitrogens with zero attached hydrogens (tertiary/aromatic N) is 1. The maximum atomic E-state index is 12.5. The number of likely N-dealkylation sites (tertiary alicyclic amines) is 1. The van der Waals surface area contributed by atoms with Crippen LogP contribution in [0.1, 0.15) is 34.3 Å². The van der Waals surface area contributed by atoms with Crippen LogP contribution in [0.3, 0.4) is 0 Å². The number of piperidine rings is 1. The number of carbonyl (C=O) groups is 1. The Morgan fingerprint density at radius 3 is 2.58 bits per heavy atom. The molecule has 0 radical (unpaired) electrons. The lowest BCUT2D eigenvalue weighted by Crippen LogP contribution is -2.44. The summed E-state index contributed by atoms with van der Waals surface area (Å²) in [5.41, 5.74) is 9.16. The maximum Gasteiger partial charge on any atom is 0.251 e. The number of nitrogen functional groups attached to an aromatic ring is 1. The van der Waals surface area contributed by atoms with Gasteiger partial charge in [0.2, 0.25) is 0 Å². The lowest BCUT2D eigenvalue weighted by atomic mass is 10.0. The van der Waals surface area contributed by atoms with E-state index in [4.69, 9.17) is 28.9 Å². The lowest BCUT2D eigenvalue weighted by molar-refractivity contribution is 0.0908. The van der Waals surface area contributed by atoms with E-state index in [-0.39, 0.29) is 11.9 Å². The molecule has 1 aliphatic heterocycles. The zero-order valence-corrected chi connectivity index (χ0v) is 16.3. The molecule has 1 fully saturated rings. The third kappa shape index (κ3) is 4.70. The molecule has 0 aliphatic carbocycles. The molecular formula is C20H23Cl2N3O. The summed E-state index contributed by atoms with van der Waals surface area (Å²) in [4.78, 5) is 14.9. The number of rotatable bonds is 4. The van der Waals surface area contributed by atoms with Crippen molar-refractivity contribution in [2.75, 3.05) is 18.8 Å². The van der Waals surface area contributed by atoms with Gasteiger partial charge in [-0.25, -0.2) is 0 Å². The van der Waals surface area contributed by atoms with Gasteiger partial charge in [0.25, 0.3) is 5.91 Å². The number of amides is 1. The topological polar surface area (TPSA) is 58.4 Å². The number of hydrogen-bond acceptors (Lipinski definition) is 3. The third-order valence-corrected chi connectivity index (χ3v) is 5.56. The first-order valence-electron chi connectivity index (χ1n) is 8.75. The minimum Gasteiger partial charge on any atom is -0.399 e. The van der Waals surface area contributed by atoms with Crippen molar-refractivity contribution in [1.82, 2.24) is 10.2 Å². The summed E-state index contributed by atoms with van der Waals surface area (Å²) in [6.07, 6.45) is 1.85. The van der Waals surface area contributed by atoms with Gasteiger partial charge < -0.3 is 11.1 Å². The largest absolute Gasteiger partial charge is 0.399 e. The molecule has 138 valence electrons. The molecule has 2 aromatic rings. The fourth-order valence-corrected chi connectivity index (χ4v) is 3.60. The smallest absolute Gasteiger partial charge is 0.251 e. The summed E-state index contributed by atoms with van der Waals surface area (Å²) in [6.45, 7) is 4.63. The fraction of sp³-hybridized carbons (Fsp3) is 0.350. The Hall–Kier alpha value is -1.75. The lowest BCUT2D eigenvalue weighted by Gasteiger charge is -2.32. The van der Waals surface area contributed by atoms with E-state index in [1.165, 1.54) is 0 Å². The number of carbonyl (C=O) groups excluding carboxylic acids is 1. The van der Waals surface area contributed by atoms with Gasteiger partial charge in [-0.1, -0.05) is 35.3 Å². The Morgan fingerprint density at radius 2 is 1.88 bits per heavy atom. The summed E-state index contributed by atoms with van der Waals surface area (Å²) < 4.78 is 0. The highest BCUT2D eigenvalue weighted by Gasteiger charge is 2.22. The predicted molar refractivity (Wildman–Crippen MR) is 108 cm³/mol. The van der Waals surface area contributed by atoms with Gasteiger partial charge in [-0.2, -0.15) is 0 Å². The number of nitrogens with two attached hydrogens (primary N) is 1. The Bertz CT molecular complexity index is 802. The van der Waals surface area contributed by atoms with Crippen LogP contribution in [-0.2, 0) is 6.54 Å². The van der Waals surface area contributed by atoms with Crippen LogP contribution in [0.2, 0.25) is 10.0 Å². The molecule has 0 aromatic heterocycles. The van der Waals surface area contributed by atoms with Gasteiger partial charge in [0.05, 0.1) is 10.0 Å². The normalized spacial score (nSPS) is 15.8. The highest BCUT2D eigenvalue weighted by molar-refractivity contribution is 6.42. The Balaban J connectivity index is 1.52. The van der Waals surface area contributed by atoms with Crippen LogP contribution in [0.25, 0.3) is 0 Å². The number of anilines is 1. The fourth-order valence-electron chi connectivity index (χ4n) is 3.28. The quantitative estimate of drug-likeness (QED) is 0.764. The van der Waals surface area contributed by atoms with Crippen molar-refractivity contribution in [3.8, 4) is 0 Å².